The highest BCUT2D eigenvalue weighted by atomic mass is 16.5. The Morgan fingerprint density at radius 2 is 2.16 bits per heavy atom. The van der Waals surface area contributed by atoms with Crippen LogP contribution < -0.4 is 4.74 Å². The molecule has 4 aromatic rings. The van der Waals surface area contributed by atoms with Crippen LogP contribution in [0.15, 0.2) is 77.4 Å². The molecule has 1 atom stereocenters. The molecular weight excluding hydrogens is 406 g/mol. The summed E-state index contributed by atoms with van der Waals surface area (Å²) in [6.07, 6.45) is 10.5. The molecule has 0 radical (unpaired) electrons. The van der Waals surface area contributed by atoms with Crippen molar-refractivity contribution in [3.05, 3.63) is 89.9 Å². The molecule has 0 saturated carbocycles. The van der Waals surface area contributed by atoms with E-state index in [1.807, 2.05) is 49.4 Å². The van der Waals surface area contributed by atoms with E-state index in [9.17, 15) is 9.90 Å². The van der Waals surface area contributed by atoms with Crippen LogP contribution in [0.5, 0.6) is 5.75 Å². The Morgan fingerprint density at radius 3 is 2.91 bits per heavy atom. The molecule has 0 saturated heterocycles. The number of aromatic nitrogens is 3. The fourth-order valence-electron chi connectivity index (χ4n) is 3.86. The molecule has 1 N–H and O–H groups in total. The maximum atomic E-state index is 12.0. The number of aryl methyl sites for hydroxylation is 1. The fraction of sp³-hybridized carbons (Fsp3) is 0.160. The van der Waals surface area contributed by atoms with Gasteiger partial charge in [0.2, 0.25) is 0 Å². The van der Waals surface area contributed by atoms with E-state index in [-0.39, 0.29) is 11.7 Å². The minimum atomic E-state index is -1.03. The van der Waals surface area contributed by atoms with Gasteiger partial charge in [-0.2, -0.15) is 5.10 Å². The van der Waals surface area contributed by atoms with Crippen LogP contribution in [0.4, 0.5) is 0 Å². The second kappa shape index (κ2) is 8.19. The van der Waals surface area contributed by atoms with Crippen molar-refractivity contribution in [3.63, 3.8) is 0 Å². The van der Waals surface area contributed by atoms with Crippen molar-refractivity contribution in [1.82, 2.24) is 14.8 Å². The van der Waals surface area contributed by atoms with E-state index in [1.54, 1.807) is 16.8 Å². The molecule has 1 aliphatic rings. The van der Waals surface area contributed by atoms with Crippen molar-refractivity contribution in [2.75, 3.05) is 0 Å². The molecule has 1 unspecified atom stereocenters. The lowest BCUT2D eigenvalue weighted by Gasteiger charge is -2.16. The molecule has 0 fully saturated rings. The van der Waals surface area contributed by atoms with Gasteiger partial charge in [-0.3, -0.25) is 4.68 Å². The molecule has 160 valence electrons. The SMILES string of the molecule is Cc1c2c(C(=O)O)cc(-c3ccco3)nc2nn1Cc1cccc(OC2C=CC=CC2)c1. The van der Waals surface area contributed by atoms with E-state index in [4.69, 9.17) is 9.15 Å². The summed E-state index contributed by atoms with van der Waals surface area (Å²) in [5.41, 5.74) is 2.70. The molecule has 7 heteroatoms. The molecule has 1 aliphatic carbocycles. The van der Waals surface area contributed by atoms with Crippen LogP contribution >= 0.6 is 0 Å². The predicted molar refractivity (Wildman–Crippen MR) is 120 cm³/mol. The number of carbonyl (C=O) groups is 1. The quantitative estimate of drug-likeness (QED) is 0.465. The number of aromatic carboxylic acids is 1. The van der Waals surface area contributed by atoms with Gasteiger partial charge in [0.05, 0.1) is 23.8 Å². The van der Waals surface area contributed by atoms with E-state index in [1.165, 1.54) is 12.3 Å². The van der Waals surface area contributed by atoms with Crippen LogP contribution in [0, 0.1) is 6.92 Å². The van der Waals surface area contributed by atoms with Crippen LogP contribution in [-0.2, 0) is 6.54 Å². The lowest BCUT2D eigenvalue weighted by molar-refractivity contribution is 0.0699. The van der Waals surface area contributed by atoms with Gasteiger partial charge < -0.3 is 14.3 Å². The average molecular weight is 427 g/mol. The standard InChI is InChI=1S/C25H21N3O4/c1-16-23-20(25(29)30)14-21(22-11-6-12-31-22)26-24(23)27-28(16)15-17-7-5-10-19(13-17)32-18-8-3-2-4-9-18/h2-8,10-14,18H,9,15H2,1H3,(H,29,30). The topological polar surface area (TPSA) is 90.4 Å². The number of carboxylic acids is 1. The molecule has 32 heavy (non-hydrogen) atoms. The van der Waals surface area contributed by atoms with Crippen LogP contribution in [0.2, 0.25) is 0 Å². The normalized spacial score (nSPS) is 15.3. The number of ether oxygens (including phenoxy) is 1. The molecule has 3 heterocycles. The van der Waals surface area contributed by atoms with Gasteiger partial charge in [0, 0.05) is 12.1 Å². The number of allylic oxidation sites excluding steroid dienone is 2. The highest BCUT2D eigenvalue weighted by Crippen LogP contribution is 2.28. The number of rotatable bonds is 6. The Hall–Kier alpha value is -4.13. The van der Waals surface area contributed by atoms with Gasteiger partial charge in [0.25, 0.3) is 0 Å². The Balaban J connectivity index is 1.48. The smallest absolute Gasteiger partial charge is 0.336 e. The van der Waals surface area contributed by atoms with Gasteiger partial charge in [-0.25, -0.2) is 9.78 Å². The molecule has 0 spiro atoms. The highest BCUT2D eigenvalue weighted by Gasteiger charge is 2.20. The minimum Gasteiger partial charge on any atom is -0.486 e. The molecule has 3 aromatic heterocycles. The number of nitrogens with zero attached hydrogens (tertiary/aromatic N) is 3. The number of benzene rings is 1. The number of hydrogen-bond acceptors (Lipinski definition) is 5. The second-order valence-electron chi connectivity index (χ2n) is 7.63. The zero-order chi connectivity index (χ0) is 22.1. The first-order chi connectivity index (χ1) is 15.6. The third kappa shape index (κ3) is 3.80. The van der Waals surface area contributed by atoms with Gasteiger partial charge in [-0.15, -0.1) is 0 Å². The van der Waals surface area contributed by atoms with E-state index in [2.05, 4.69) is 16.2 Å². The van der Waals surface area contributed by atoms with Crippen molar-refractivity contribution in [3.8, 4) is 17.2 Å². The largest absolute Gasteiger partial charge is 0.486 e. The van der Waals surface area contributed by atoms with Crippen molar-refractivity contribution in [2.45, 2.75) is 26.0 Å². The predicted octanol–water partition coefficient (Wildman–Crippen LogP) is 5.01. The Morgan fingerprint density at radius 1 is 1.25 bits per heavy atom. The summed E-state index contributed by atoms with van der Waals surface area (Å²) >= 11 is 0. The van der Waals surface area contributed by atoms with Gasteiger partial charge >= 0.3 is 5.97 Å². The van der Waals surface area contributed by atoms with Crippen LogP contribution in [0.1, 0.15) is 28.0 Å². The maximum Gasteiger partial charge on any atom is 0.336 e. The van der Waals surface area contributed by atoms with E-state index in [0.717, 1.165) is 23.4 Å². The summed E-state index contributed by atoms with van der Waals surface area (Å²) in [6.45, 7) is 2.32. The first-order valence-electron chi connectivity index (χ1n) is 10.3. The summed E-state index contributed by atoms with van der Waals surface area (Å²) < 4.78 is 13.2. The lowest BCUT2D eigenvalue weighted by atomic mass is 10.1. The summed E-state index contributed by atoms with van der Waals surface area (Å²) in [6, 6.07) is 12.9. The van der Waals surface area contributed by atoms with Crippen LogP contribution in [0.25, 0.3) is 22.5 Å². The number of carboxylic acid groups (broad SMARTS) is 1. The van der Waals surface area contributed by atoms with E-state index >= 15 is 0 Å². The Bertz CT molecular complexity index is 1350. The van der Waals surface area contributed by atoms with Crippen molar-refractivity contribution in [2.24, 2.45) is 0 Å². The molecular formula is C25H21N3O4. The van der Waals surface area contributed by atoms with Gasteiger partial charge in [0.1, 0.15) is 17.5 Å². The lowest BCUT2D eigenvalue weighted by Crippen LogP contribution is -2.14. The molecule has 7 nitrogen and oxygen atoms in total. The first kappa shape index (κ1) is 19.8. The Labute approximate surface area is 184 Å². The summed E-state index contributed by atoms with van der Waals surface area (Å²) in [4.78, 5) is 16.5. The third-order valence-electron chi connectivity index (χ3n) is 5.43. The molecule has 1 aromatic carbocycles. The average Bonchev–Trinajstić information content (AvgIpc) is 3.43. The molecule has 0 bridgehead atoms. The molecule has 5 rings (SSSR count). The third-order valence-corrected chi connectivity index (χ3v) is 5.43. The van der Waals surface area contributed by atoms with Crippen molar-refractivity contribution < 1.29 is 19.1 Å². The van der Waals surface area contributed by atoms with E-state index in [0.29, 0.717) is 29.0 Å². The van der Waals surface area contributed by atoms with Crippen molar-refractivity contribution >= 4 is 17.0 Å². The highest BCUT2D eigenvalue weighted by molar-refractivity contribution is 6.03. The van der Waals surface area contributed by atoms with Gasteiger partial charge in [-0.05, 0) is 48.9 Å². The zero-order valence-corrected chi connectivity index (χ0v) is 17.4. The second-order valence-corrected chi connectivity index (χ2v) is 7.63. The summed E-state index contributed by atoms with van der Waals surface area (Å²) in [5.74, 6) is 0.252. The first-order valence-corrected chi connectivity index (χ1v) is 10.3. The minimum absolute atomic E-state index is 0.0200. The van der Waals surface area contributed by atoms with Crippen LogP contribution in [-0.4, -0.2) is 31.9 Å². The number of fused-ring (bicyclic) bond motifs is 1. The molecule has 0 amide bonds. The van der Waals surface area contributed by atoms with Gasteiger partial charge in [0.15, 0.2) is 11.4 Å². The van der Waals surface area contributed by atoms with Crippen LogP contribution in [0.3, 0.4) is 0 Å². The van der Waals surface area contributed by atoms with Gasteiger partial charge in [-0.1, -0.05) is 30.4 Å². The monoisotopic (exact) mass is 427 g/mol. The Kier molecular flexibility index (Phi) is 5.07. The summed E-state index contributed by atoms with van der Waals surface area (Å²) in [7, 11) is 0. The van der Waals surface area contributed by atoms with E-state index < -0.39 is 5.97 Å². The summed E-state index contributed by atoms with van der Waals surface area (Å²) in [5, 5.41) is 14.9. The van der Waals surface area contributed by atoms with Crippen molar-refractivity contribution in [1.29, 1.82) is 0 Å². The molecule has 0 aliphatic heterocycles. The number of pyridine rings is 1. The zero-order valence-electron chi connectivity index (χ0n) is 17.4. The number of hydrogen-bond donors (Lipinski definition) is 1. The number of furan rings is 1. The fourth-order valence-corrected chi connectivity index (χ4v) is 3.86. The maximum absolute atomic E-state index is 12.0.